The van der Waals surface area contributed by atoms with Crippen LogP contribution < -0.4 is 0 Å². The fraction of sp³-hybridized carbons (Fsp3) is 0.550. The van der Waals surface area contributed by atoms with E-state index in [4.69, 9.17) is 4.74 Å². The number of amides is 1. The van der Waals surface area contributed by atoms with E-state index in [0.717, 1.165) is 44.1 Å². The Hall–Kier alpha value is -2.25. The second kappa shape index (κ2) is 7.78. The first kappa shape index (κ1) is 18.1. The van der Waals surface area contributed by atoms with Gasteiger partial charge in [0.2, 0.25) is 0 Å². The Balaban J connectivity index is 1.53. The van der Waals surface area contributed by atoms with Crippen molar-refractivity contribution in [2.75, 3.05) is 32.8 Å². The van der Waals surface area contributed by atoms with Gasteiger partial charge in [-0.1, -0.05) is 0 Å². The van der Waals surface area contributed by atoms with E-state index in [-0.39, 0.29) is 11.9 Å². The van der Waals surface area contributed by atoms with Crippen molar-refractivity contribution in [3.8, 4) is 0 Å². The SMILES string of the molecule is CCn1ccc(CN2C[C@@H]3COC[C@H](C2)N(C(=O)c2cccnc2C)C3)n1. The lowest BCUT2D eigenvalue weighted by molar-refractivity contribution is 0.0421. The molecule has 4 heterocycles. The van der Waals surface area contributed by atoms with Gasteiger partial charge in [0, 0.05) is 56.7 Å². The molecular formula is C20H27N5O2. The second-order valence-corrected chi connectivity index (χ2v) is 7.51. The van der Waals surface area contributed by atoms with Crippen LogP contribution in [0.15, 0.2) is 30.6 Å². The number of hydrogen-bond acceptors (Lipinski definition) is 5. The number of aromatic nitrogens is 3. The number of carbonyl (C=O) groups excluding carboxylic acids is 1. The van der Waals surface area contributed by atoms with E-state index in [1.54, 1.807) is 6.20 Å². The Morgan fingerprint density at radius 2 is 2.15 bits per heavy atom. The molecule has 27 heavy (non-hydrogen) atoms. The number of carbonyl (C=O) groups is 1. The zero-order valence-corrected chi connectivity index (χ0v) is 16.0. The highest BCUT2D eigenvalue weighted by Gasteiger charge is 2.36. The summed E-state index contributed by atoms with van der Waals surface area (Å²) in [5, 5.41) is 4.62. The minimum Gasteiger partial charge on any atom is -0.379 e. The van der Waals surface area contributed by atoms with Gasteiger partial charge in [-0.2, -0.15) is 5.10 Å². The third-order valence-corrected chi connectivity index (χ3v) is 5.45. The Bertz CT molecular complexity index is 805. The van der Waals surface area contributed by atoms with Crippen molar-refractivity contribution in [3.05, 3.63) is 47.5 Å². The molecule has 2 aromatic heterocycles. The van der Waals surface area contributed by atoms with E-state index in [0.29, 0.717) is 24.7 Å². The quantitative estimate of drug-likeness (QED) is 0.819. The number of nitrogens with zero attached hydrogens (tertiary/aromatic N) is 5. The van der Waals surface area contributed by atoms with Crippen molar-refractivity contribution < 1.29 is 9.53 Å². The summed E-state index contributed by atoms with van der Waals surface area (Å²) in [7, 11) is 0. The van der Waals surface area contributed by atoms with Crippen molar-refractivity contribution in [3.63, 3.8) is 0 Å². The van der Waals surface area contributed by atoms with Gasteiger partial charge >= 0.3 is 0 Å². The van der Waals surface area contributed by atoms with Crippen LogP contribution in [0.2, 0.25) is 0 Å². The molecule has 4 rings (SSSR count). The van der Waals surface area contributed by atoms with Crippen molar-refractivity contribution in [1.29, 1.82) is 0 Å². The summed E-state index contributed by atoms with van der Waals surface area (Å²) in [6, 6.07) is 5.84. The Morgan fingerprint density at radius 3 is 2.93 bits per heavy atom. The predicted molar refractivity (Wildman–Crippen MR) is 101 cm³/mol. The molecule has 2 aromatic rings. The van der Waals surface area contributed by atoms with Crippen LogP contribution in [0.3, 0.4) is 0 Å². The molecule has 7 heteroatoms. The normalized spacial score (nSPS) is 23.3. The zero-order chi connectivity index (χ0) is 18.8. The summed E-state index contributed by atoms with van der Waals surface area (Å²) in [5.74, 6) is 0.380. The molecule has 0 aromatic carbocycles. The molecule has 1 amide bonds. The molecule has 144 valence electrons. The molecule has 7 nitrogen and oxygen atoms in total. The van der Waals surface area contributed by atoms with Gasteiger partial charge in [-0.05, 0) is 32.0 Å². The monoisotopic (exact) mass is 369 g/mol. The number of aryl methyl sites for hydroxylation is 2. The molecule has 2 aliphatic heterocycles. The van der Waals surface area contributed by atoms with Gasteiger partial charge in [0.1, 0.15) is 0 Å². The van der Waals surface area contributed by atoms with Gasteiger partial charge in [0.15, 0.2) is 0 Å². The highest BCUT2D eigenvalue weighted by atomic mass is 16.5. The van der Waals surface area contributed by atoms with Crippen LogP contribution in [0.1, 0.15) is 28.7 Å². The average Bonchev–Trinajstić information content (AvgIpc) is 2.92. The van der Waals surface area contributed by atoms with E-state index in [2.05, 4.69) is 28.0 Å². The molecule has 2 atom stereocenters. The third-order valence-electron chi connectivity index (χ3n) is 5.45. The Kier molecular flexibility index (Phi) is 5.22. The molecule has 0 spiro atoms. The molecule has 2 aliphatic rings. The minimum atomic E-state index is 0.0536. The molecule has 0 aliphatic carbocycles. The van der Waals surface area contributed by atoms with Gasteiger partial charge in [-0.25, -0.2) is 0 Å². The fourth-order valence-corrected chi connectivity index (χ4v) is 4.08. The highest BCUT2D eigenvalue weighted by molar-refractivity contribution is 5.95. The predicted octanol–water partition coefficient (Wildman–Crippen LogP) is 1.58. The van der Waals surface area contributed by atoms with Crippen LogP contribution in [0.25, 0.3) is 0 Å². The lowest BCUT2D eigenvalue weighted by Crippen LogP contribution is -2.46. The Labute approximate surface area is 159 Å². The van der Waals surface area contributed by atoms with Crippen LogP contribution in [0.5, 0.6) is 0 Å². The van der Waals surface area contributed by atoms with Crippen LogP contribution in [-0.4, -0.2) is 69.4 Å². The lowest BCUT2D eigenvalue weighted by atomic mass is 10.1. The second-order valence-electron chi connectivity index (χ2n) is 7.51. The van der Waals surface area contributed by atoms with E-state index < -0.39 is 0 Å². The van der Waals surface area contributed by atoms with Crippen LogP contribution in [0.4, 0.5) is 0 Å². The summed E-state index contributed by atoms with van der Waals surface area (Å²) < 4.78 is 7.83. The van der Waals surface area contributed by atoms with E-state index >= 15 is 0 Å². The number of ether oxygens (including phenoxy) is 1. The molecule has 0 unspecified atom stereocenters. The first-order valence-corrected chi connectivity index (χ1v) is 9.69. The topological polar surface area (TPSA) is 63.5 Å². The van der Waals surface area contributed by atoms with Crippen molar-refractivity contribution in [2.45, 2.75) is 33.0 Å². The van der Waals surface area contributed by atoms with Gasteiger partial charge in [0.25, 0.3) is 5.91 Å². The standard InChI is InChI=1S/C20H27N5O2/c1-3-24-8-6-17(22-24)11-23-9-16-10-25(18(12-23)14-27-13-16)20(26)19-5-4-7-21-15(19)2/h4-8,16,18H,3,9-14H2,1-2H3/t16-,18-/m0/s1. The average molecular weight is 369 g/mol. The van der Waals surface area contributed by atoms with Crippen LogP contribution in [0, 0.1) is 12.8 Å². The first-order valence-electron chi connectivity index (χ1n) is 9.69. The number of pyridine rings is 1. The zero-order valence-electron chi connectivity index (χ0n) is 16.0. The summed E-state index contributed by atoms with van der Waals surface area (Å²) in [5.41, 5.74) is 2.56. The van der Waals surface area contributed by atoms with Crippen LogP contribution >= 0.6 is 0 Å². The minimum absolute atomic E-state index is 0.0536. The van der Waals surface area contributed by atoms with Crippen molar-refractivity contribution in [1.82, 2.24) is 24.6 Å². The molecule has 2 bridgehead atoms. The molecule has 0 saturated carbocycles. The van der Waals surface area contributed by atoms with E-state index in [1.165, 1.54) is 0 Å². The molecule has 2 fully saturated rings. The van der Waals surface area contributed by atoms with Crippen molar-refractivity contribution >= 4 is 5.91 Å². The lowest BCUT2D eigenvalue weighted by Gasteiger charge is -2.31. The maximum Gasteiger partial charge on any atom is 0.256 e. The molecule has 0 radical (unpaired) electrons. The van der Waals surface area contributed by atoms with E-state index in [1.807, 2.05) is 34.8 Å². The van der Waals surface area contributed by atoms with Crippen molar-refractivity contribution in [2.24, 2.45) is 5.92 Å². The van der Waals surface area contributed by atoms with Gasteiger partial charge in [-0.15, -0.1) is 0 Å². The smallest absolute Gasteiger partial charge is 0.256 e. The summed E-state index contributed by atoms with van der Waals surface area (Å²) in [6.45, 7) is 9.43. The number of rotatable bonds is 4. The molecular weight excluding hydrogens is 342 g/mol. The van der Waals surface area contributed by atoms with E-state index in [9.17, 15) is 4.79 Å². The fourth-order valence-electron chi connectivity index (χ4n) is 4.08. The number of fused-ring (bicyclic) bond motifs is 3. The van der Waals surface area contributed by atoms with Crippen LogP contribution in [-0.2, 0) is 17.8 Å². The highest BCUT2D eigenvalue weighted by Crippen LogP contribution is 2.23. The maximum absolute atomic E-state index is 13.2. The Morgan fingerprint density at radius 1 is 1.26 bits per heavy atom. The third kappa shape index (κ3) is 3.89. The molecule has 2 saturated heterocycles. The van der Waals surface area contributed by atoms with Gasteiger partial charge < -0.3 is 9.64 Å². The largest absolute Gasteiger partial charge is 0.379 e. The summed E-state index contributed by atoms with van der Waals surface area (Å²) in [6.07, 6.45) is 3.76. The van der Waals surface area contributed by atoms with Gasteiger partial charge in [0.05, 0.1) is 30.5 Å². The summed E-state index contributed by atoms with van der Waals surface area (Å²) in [4.78, 5) is 21.9. The maximum atomic E-state index is 13.2. The number of hydrogen-bond donors (Lipinski definition) is 0. The first-order chi connectivity index (χ1) is 13.1. The molecule has 0 N–H and O–H groups in total. The van der Waals surface area contributed by atoms with Gasteiger partial charge in [-0.3, -0.25) is 19.4 Å². The summed E-state index contributed by atoms with van der Waals surface area (Å²) >= 11 is 0.